The molecule has 252 valence electrons. The van der Waals surface area contributed by atoms with Crippen LogP contribution in [0, 0.1) is 5.41 Å². The molecule has 3 saturated heterocycles. The second-order valence-electron chi connectivity index (χ2n) is 14.2. The summed E-state index contributed by atoms with van der Waals surface area (Å²) in [6, 6.07) is 14.0. The molecule has 47 heavy (non-hydrogen) atoms. The third-order valence-corrected chi connectivity index (χ3v) is 12.5. The van der Waals surface area contributed by atoms with Crippen molar-refractivity contribution in [1.82, 2.24) is 23.4 Å². The van der Waals surface area contributed by atoms with Crippen LogP contribution in [0.1, 0.15) is 79.6 Å². The number of hydrogen-bond acceptors (Lipinski definition) is 6. The number of carbonyl (C=O) groups is 2. The van der Waals surface area contributed by atoms with Gasteiger partial charge in [0.15, 0.2) is 0 Å². The first kappa shape index (κ1) is 32.2. The molecular formula is C36H47N5O5S. The number of methoxy groups -OCH3 is 1. The summed E-state index contributed by atoms with van der Waals surface area (Å²) >= 11 is 0. The van der Waals surface area contributed by atoms with Crippen molar-refractivity contribution in [3.8, 4) is 17.0 Å². The Hall–Kier alpha value is -3.41. The van der Waals surface area contributed by atoms with E-state index in [-0.39, 0.29) is 11.5 Å². The number of piperidine rings is 1. The predicted molar refractivity (Wildman–Crippen MR) is 183 cm³/mol. The minimum Gasteiger partial charge on any atom is -0.497 e. The van der Waals surface area contributed by atoms with E-state index in [0.29, 0.717) is 18.5 Å². The quantitative estimate of drug-likeness (QED) is 0.347. The van der Waals surface area contributed by atoms with E-state index in [1.54, 1.807) is 13.2 Å². The molecule has 1 N–H and O–H groups in total. The van der Waals surface area contributed by atoms with Crippen LogP contribution in [0.3, 0.4) is 0 Å². The van der Waals surface area contributed by atoms with E-state index in [9.17, 15) is 18.0 Å². The highest BCUT2D eigenvalue weighted by Crippen LogP contribution is 2.52. The van der Waals surface area contributed by atoms with Gasteiger partial charge in [0.1, 0.15) is 5.75 Å². The molecule has 5 fully saturated rings. The van der Waals surface area contributed by atoms with Gasteiger partial charge in [-0.1, -0.05) is 25.3 Å². The molecule has 11 heteroatoms. The first-order valence-corrected chi connectivity index (χ1v) is 18.6. The molecule has 0 atom stereocenters. The molecular weight excluding hydrogens is 614 g/mol. The Labute approximate surface area is 278 Å². The molecule has 0 spiro atoms. The van der Waals surface area contributed by atoms with Gasteiger partial charge in [-0.15, -0.1) is 0 Å². The van der Waals surface area contributed by atoms with Crippen LogP contribution in [0.15, 0.2) is 42.5 Å². The Morgan fingerprint density at radius 2 is 1.64 bits per heavy atom. The van der Waals surface area contributed by atoms with E-state index in [1.807, 2.05) is 24.3 Å². The van der Waals surface area contributed by atoms with Gasteiger partial charge in [0.05, 0.1) is 18.2 Å². The average Bonchev–Trinajstić information content (AvgIpc) is 3.87. The summed E-state index contributed by atoms with van der Waals surface area (Å²) in [6.45, 7) is 4.35. The lowest BCUT2D eigenvalue weighted by atomic mass is 9.81. The number of rotatable bonds is 9. The van der Waals surface area contributed by atoms with Gasteiger partial charge >= 0.3 is 10.2 Å². The fraction of sp³-hybridized carbons (Fsp3) is 0.556. The minimum atomic E-state index is -3.97. The zero-order chi connectivity index (χ0) is 32.9. The molecule has 2 bridgehead atoms. The summed E-state index contributed by atoms with van der Waals surface area (Å²) in [4.78, 5) is 32.6. The molecule has 1 aromatic heterocycles. The van der Waals surface area contributed by atoms with Gasteiger partial charge in [-0.3, -0.25) is 9.59 Å². The van der Waals surface area contributed by atoms with Crippen molar-refractivity contribution >= 4 is 32.9 Å². The maximum Gasteiger partial charge on any atom is 0.303 e. The predicted octanol–water partition coefficient (Wildman–Crippen LogP) is 4.99. The fourth-order valence-electron chi connectivity index (χ4n) is 8.17. The zero-order valence-electron chi connectivity index (χ0n) is 27.8. The summed E-state index contributed by atoms with van der Waals surface area (Å²) in [5.41, 5.74) is 4.05. The third-order valence-electron chi connectivity index (χ3n) is 11.1. The number of ether oxygens (including phenoxy) is 1. The topological polar surface area (TPSA) is 104 Å². The first-order valence-electron chi connectivity index (χ1n) is 17.2. The van der Waals surface area contributed by atoms with Gasteiger partial charge < -0.3 is 19.1 Å². The lowest BCUT2D eigenvalue weighted by molar-refractivity contribution is -0.139. The highest BCUT2D eigenvalue weighted by molar-refractivity contribution is 7.87. The largest absolute Gasteiger partial charge is 0.497 e. The van der Waals surface area contributed by atoms with Crippen molar-refractivity contribution in [3.63, 3.8) is 0 Å². The monoisotopic (exact) mass is 661 g/mol. The molecule has 8 rings (SSSR count). The van der Waals surface area contributed by atoms with Crippen LogP contribution in [0.2, 0.25) is 0 Å². The lowest BCUT2D eigenvalue weighted by Gasteiger charge is -2.34. The van der Waals surface area contributed by atoms with Crippen molar-refractivity contribution in [1.29, 1.82) is 0 Å². The Morgan fingerprint density at radius 1 is 0.936 bits per heavy atom. The maximum atomic E-state index is 14.5. The number of hydrogen-bond donors (Lipinski definition) is 1. The second-order valence-corrected chi connectivity index (χ2v) is 16.1. The number of benzene rings is 2. The zero-order valence-corrected chi connectivity index (χ0v) is 28.7. The first-order chi connectivity index (χ1) is 22.6. The Kier molecular flexibility index (Phi) is 8.59. The van der Waals surface area contributed by atoms with Crippen LogP contribution in [-0.2, 0) is 21.5 Å². The molecule has 0 radical (unpaired) electrons. The van der Waals surface area contributed by atoms with Crippen molar-refractivity contribution in [2.24, 2.45) is 5.41 Å². The van der Waals surface area contributed by atoms with E-state index < -0.39 is 21.5 Å². The summed E-state index contributed by atoms with van der Waals surface area (Å²) in [5.74, 6) is 0.710. The Morgan fingerprint density at radius 3 is 2.28 bits per heavy atom. The van der Waals surface area contributed by atoms with Crippen molar-refractivity contribution in [2.45, 2.75) is 76.3 Å². The Bertz CT molecular complexity index is 1760. The van der Waals surface area contributed by atoms with Crippen LogP contribution in [-0.4, -0.2) is 92.3 Å². The summed E-state index contributed by atoms with van der Waals surface area (Å²) in [7, 11) is 0.477. The number of nitrogens with one attached hydrogen (secondary N) is 1. The molecule has 3 aliphatic heterocycles. The summed E-state index contributed by atoms with van der Waals surface area (Å²) in [6.07, 6.45) is 9.46. The highest BCUT2D eigenvalue weighted by atomic mass is 32.2. The van der Waals surface area contributed by atoms with E-state index >= 15 is 0 Å². The van der Waals surface area contributed by atoms with Crippen molar-refractivity contribution < 1.29 is 22.7 Å². The minimum absolute atomic E-state index is 0.263. The van der Waals surface area contributed by atoms with Crippen LogP contribution in [0.4, 0.5) is 0 Å². The number of amides is 2. The SMILES string of the molecule is COc1ccc(-c2c(C3CCCCC3)c3ccc(C(=O)NS(=O)(=O)N(C)C)cc3n2CC2(C(=O)N3CCN4CCC3CC4)CC2)cc1. The molecule has 2 aliphatic carbocycles. The molecule has 5 aliphatic rings. The standard InChI is InChI=1S/C36H47N5O5S/c1-38(2)47(44,45)37-34(42)27-11-14-30-31(23-27)41(24-36(17-18-36)35(43)40-22-21-39-19-15-28(40)16-20-39)33(26-9-12-29(46-3)13-10-26)32(30)25-7-5-4-6-8-25/h9-14,23,25,28H,4-8,15-22,24H2,1-3H3,(H,37,42). The van der Waals surface area contributed by atoms with Crippen LogP contribution < -0.4 is 9.46 Å². The maximum absolute atomic E-state index is 14.5. The number of aromatic nitrogens is 1. The molecule has 3 aromatic rings. The van der Waals surface area contributed by atoms with Crippen molar-refractivity contribution in [2.75, 3.05) is 47.4 Å². The fourth-order valence-corrected chi connectivity index (χ4v) is 8.70. The van der Waals surface area contributed by atoms with Gasteiger partial charge in [0, 0.05) is 69.3 Å². The molecule has 2 amide bonds. The highest BCUT2D eigenvalue weighted by Gasteiger charge is 2.54. The second kappa shape index (κ2) is 12.6. The number of fused-ring (bicyclic) bond motifs is 5. The van der Waals surface area contributed by atoms with E-state index in [0.717, 1.165) is 110 Å². The molecule has 10 nitrogen and oxygen atoms in total. The van der Waals surface area contributed by atoms with Gasteiger partial charge in [0.25, 0.3) is 5.91 Å². The van der Waals surface area contributed by atoms with Gasteiger partial charge in [-0.05, 0) is 92.0 Å². The molecule has 2 aromatic carbocycles. The number of nitrogens with zero attached hydrogens (tertiary/aromatic N) is 4. The molecule has 0 unspecified atom stereocenters. The Balaban J connectivity index is 1.37. The van der Waals surface area contributed by atoms with E-state index in [4.69, 9.17) is 4.74 Å². The van der Waals surface area contributed by atoms with Crippen LogP contribution >= 0.6 is 0 Å². The lowest BCUT2D eigenvalue weighted by Crippen LogP contribution is -2.46. The van der Waals surface area contributed by atoms with Gasteiger partial charge in [0.2, 0.25) is 5.91 Å². The smallest absolute Gasteiger partial charge is 0.303 e. The van der Waals surface area contributed by atoms with E-state index in [1.165, 1.54) is 26.1 Å². The van der Waals surface area contributed by atoms with Crippen LogP contribution in [0.25, 0.3) is 22.2 Å². The third kappa shape index (κ3) is 6.06. The molecule has 2 saturated carbocycles. The van der Waals surface area contributed by atoms with Crippen molar-refractivity contribution in [3.05, 3.63) is 53.6 Å². The summed E-state index contributed by atoms with van der Waals surface area (Å²) in [5, 5.41) is 1.07. The average molecular weight is 662 g/mol. The molecule has 4 heterocycles. The summed E-state index contributed by atoms with van der Waals surface area (Å²) < 4.78 is 36.1. The van der Waals surface area contributed by atoms with Gasteiger partial charge in [-0.2, -0.15) is 12.7 Å². The van der Waals surface area contributed by atoms with Crippen LogP contribution in [0.5, 0.6) is 5.75 Å². The van der Waals surface area contributed by atoms with Gasteiger partial charge in [-0.25, -0.2) is 4.72 Å². The number of carbonyl (C=O) groups excluding carboxylic acids is 2. The normalized spacial score (nSPS) is 22.8. The van der Waals surface area contributed by atoms with E-state index in [2.05, 4.69) is 31.2 Å².